The van der Waals surface area contributed by atoms with Gasteiger partial charge in [0.1, 0.15) is 0 Å². The fraction of sp³-hybridized carbons (Fsp3) is 0.267. The number of thiophene rings is 1. The highest BCUT2D eigenvalue weighted by Gasteiger charge is 2.29. The van der Waals surface area contributed by atoms with Gasteiger partial charge in [-0.15, -0.1) is 16.4 Å². The normalized spacial score (nSPS) is 18.7. The Kier molecular flexibility index (Phi) is 4.84. The molecule has 0 saturated heterocycles. The summed E-state index contributed by atoms with van der Waals surface area (Å²) in [5.74, 6) is 0.254. The molecule has 0 bridgehead atoms. The van der Waals surface area contributed by atoms with Crippen molar-refractivity contribution < 1.29 is 0 Å². The lowest BCUT2D eigenvalue weighted by molar-refractivity contribution is 0.677. The second kappa shape index (κ2) is 6.70. The molecule has 1 aliphatic carbocycles. The van der Waals surface area contributed by atoms with Gasteiger partial charge in [0, 0.05) is 11.8 Å². The van der Waals surface area contributed by atoms with Gasteiger partial charge in [0.15, 0.2) is 0 Å². The number of nitrogens with two attached hydrogens (primary N) is 2. The molecule has 23 heavy (non-hydrogen) atoms. The highest BCUT2D eigenvalue weighted by Crippen LogP contribution is 2.41. The Balaban J connectivity index is 2.08. The highest BCUT2D eigenvalue weighted by molar-refractivity contribution is 9.12. The van der Waals surface area contributed by atoms with Gasteiger partial charge in [-0.2, -0.15) is 5.10 Å². The first-order valence-corrected chi connectivity index (χ1v) is 9.41. The molecule has 120 valence electrons. The van der Waals surface area contributed by atoms with Gasteiger partial charge < -0.3 is 11.5 Å². The van der Waals surface area contributed by atoms with E-state index in [4.69, 9.17) is 11.5 Å². The smallest absolute Gasteiger partial charge is 0.211 e. The number of rotatable bonds is 2. The van der Waals surface area contributed by atoms with Crippen molar-refractivity contribution >= 4 is 54.9 Å². The molecule has 0 aromatic carbocycles. The standard InChI is InChI=1S/C15H15Br2N5S/c1-7-2-3-20-10-4-8(9-6-12(16)23-14(9)17)5-11(13(7)10)21-22-15(18)19/h2-3,6,8H,4-5H2,1H3,(H4,18,19,22). The van der Waals surface area contributed by atoms with Gasteiger partial charge in [-0.05, 0) is 80.8 Å². The van der Waals surface area contributed by atoms with Gasteiger partial charge in [0.2, 0.25) is 5.96 Å². The molecule has 2 aromatic rings. The molecule has 0 amide bonds. The third-order valence-corrected chi connectivity index (χ3v) is 6.20. The second-order valence-corrected chi connectivity index (χ2v) is 9.16. The number of fused-ring (bicyclic) bond motifs is 1. The summed E-state index contributed by atoms with van der Waals surface area (Å²) in [5.41, 5.74) is 16.3. The van der Waals surface area contributed by atoms with Crippen molar-refractivity contribution in [3.8, 4) is 0 Å². The molecule has 1 atom stereocenters. The molecule has 0 radical (unpaired) electrons. The monoisotopic (exact) mass is 455 g/mol. The summed E-state index contributed by atoms with van der Waals surface area (Å²) in [6.07, 6.45) is 3.49. The van der Waals surface area contributed by atoms with Gasteiger partial charge in [-0.3, -0.25) is 4.98 Å². The maximum absolute atomic E-state index is 5.43. The van der Waals surface area contributed by atoms with E-state index in [9.17, 15) is 0 Å². The minimum absolute atomic E-state index is 0.0397. The lowest BCUT2D eigenvalue weighted by Gasteiger charge is -2.26. The zero-order valence-electron chi connectivity index (χ0n) is 12.4. The van der Waals surface area contributed by atoms with Crippen LogP contribution in [0.5, 0.6) is 0 Å². The van der Waals surface area contributed by atoms with Crippen molar-refractivity contribution in [1.82, 2.24) is 4.98 Å². The molecule has 1 unspecified atom stereocenters. The molecule has 3 rings (SSSR count). The van der Waals surface area contributed by atoms with Crippen molar-refractivity contribution in [2.45, 2.75) is 25.7 Å². The molecular weight excluding hydrogens is 442 g/mol. The average molecular weight is 457 g/mol. The third-order valence-electron chi connectivity index (χ3n) is 3.81. The number of guanidine groups is 1. The van der Waals surface area contributed by atoms with Gasteiger partial charge >= 0.3 is 0 Å². The van der Waals surface area contributed by atoms with E-state index in [1.807, 2.05) is 12.3 Å². The number of hydrogen-bond donors (Lipinski definition) is 2. The maximum Gasteiger partial charge on any atom is 0.211 e. The first-order chi connectivity index (χ1) is 11.0. The van der Waals surface area contributed by atoms with E-state index in [1.165, 1.54) is 5.56 Å². The number of nitrogens with zero attached hydrogens (tertiary/aromatic N) is 3. The van der Waals surface area contributed by atoms with Crippen LogP contribution in [0, 0.1) is 6.92 Å². The zero-order chi connectivity index (χ0) is 16.6. The van der Waals surface area contributed by atoms with Gasteiger partial charge in [-0.25, -0.2) is 0 Å². The first kappa shape index (κ1) is 16.6. The summed E-state index contributed by atoms with van der Waals surface area (Å²) in [6, 6.07) is 4.14. The van der Waals surface area contributed by atoms with Gasteiger partial charge in [-0.1, -0.05) is 0 Å². The van der Waals surface area contributed by atoms with Crippen molar-refractivity contribution in [3.63, 3.8) is 0 Å². The summed E-state index contributed by atoms with van der Waals surface area (Å²) < 4.78 is 2.23. The van der Waals surface area contributed by atoms with E-state index in [-0.39, 0.29) is 5.96 Å². The second-order valence-electron chi connectivity index (χ2n) is 5.41. The molecule has 0 fully saturated rings. The van der Waals surface area contributed by atoms with Crippen molar-refractivity contribution in [1.29, 1.82) is 0 Å². The van der Waals surface area contributed by atoms with Crippen molar-refractivity contribution in [3.05, 3.63) is 48.3 Å². The maximum atomic E-state index is 5.43. The Labute approximate surface area is 155 Å². The summed E-state index contributed by atoms with van der Waals surface area (Å²) in [6.45, 7) is 2.06. The number of halogens is 2. The lowest BCUT2D eigenvalue weighted by atomic mass is 9.81. The molecule has 0 saturated carbocycles. The Morgan fingerprint density at radius 1 is 1.35 bits per heavy atom. The Morgan fingerprint density at radius 3 is 2.78 bits per heavy atom. The van der Waals surface area contributed by atoms with Crippen LogP contribution in [-0.4, -0.2) is 16.7 Å². The summed E-state index contributed by atoms with van der Waals surface area (Å²) in [5, 5.41) is 8.15. The zero-order valence-corrected chi connectivity index (χ0v) is 16.4. The largest absolute Gasteiger partial charge is 0.369 e. The SMILES string of the molecule is Cc1ccnc2c1C(=NN=C(N)N)CC(c1cc(Br)sc1Br)C2. The number of pyridine rings is 1. The summed E-state index contributed by atoms with van der Waals surface area (Å²) in [7, 11) is 0. The van der Waals surface area contributed by atoms with E-state index in [1.54, 1.807) is 11.3 Å². The highest BCUT2D eigenvalue weighted by atomic mass is 79.9. The lowest BCUT2D eigenvalue weighted by Crippen LogP contribution is -2.24. The van der Waals surface area contributed by atoms with Crippen LogP contribution in [0.25, 0.3) is 0 Å². The van der Waals surface area contributed by atoms with E-state index in [2.05, 4.69) is 60.0 Å². The number of aryl methyl sites for hydroxylation is 1. The summed E-state index contributed by atoms with van der Waals surface area (Å²) >= 11 is 8.87. The van der Waals surface area contributed by atoms with Crippen LogP contribution in [0.3, 0.4) is 0 Å². The molecule has 2 aromatic heterocycles. The third kappa shape index (κ3) is 3.49. The number of aromatic nitrogens is 1. The van der Waals surface area contributed by atoms with Gasteiger partial charge in [0.25, 0.3) is 0 Å². The predicted octanol–water partition coefficient (Wildman–Crippen LogP) is 3.68. The van der Waals surface area contributed by atoms with E-state index >= 15 is 0 Å². The molecule has 0 spiro atoms. The molecule has 0 aliphatic heterocycles. The van der Waals surface area contributed by atoms with Crippen LogP contribution in [0.15, 0.2) is 36.1 Å². The summed E-state index contributed by atoms with van der Waals surface area (Å²) in [4.78, 5) is 4.55. The van der Waals surface area contributed by atoms with E-state index in [0.717, 1.165) is 42.9 Å². The molecule has 4 N–H and O–H groups in total. The fourth-order valence-corrected chi connectivity index (χ4v) is 5.91. The first-order valence-electron chi connectivity index (χ1n) is 7.00. The molecule has 2 heterocycles. The van der Waals surface area contributed by atoms with E-state index < -0.39 is 0 Å². The number of hydrogen-bond acceptors (Lipinski definition) is 4. The Hall–Kier alpha value is -1.25. The van der Waals surface area contributed by atoms with Crippen LogP contribution < -0.4 is 11.5 Å². The fourth-order valence-electron chi connectivity index (χ4n) is 2.86. The Bertz CT molecular complexity index is 808. The minimum Gasteiger partial charge on any atom is -0.369 e. The average Bonchev–Trinajstić information content (AvgIpc) is 2.83. The van der Waals surface area contributed by atoms with Crippen molar-refractivity contribution in [2.75, 3.05) is 0 Å². The van der Waals surface area contributed by atoms with Crippen LogP contribution >= 0.6 is 43.2 Å². The quantitative estimate of drug-likeness (QED) is 0.410. The molecule has 8 heteroatoms. The topological polar surface area (TPSA) is 89.6 Å². The minimum atomic E-state index is -0.0397. The van der Waals surface area contributed by atoms with Gasteiger partial charge in [0.05, 0.1) is 19.0 Å². The van der Waals surface area contributed by atoms with Crippen LogP contribution in [0.4, 0.5) is 0 Å². The molecule has 5 nitrogen and oxygen atoms in total. The Morgan fingerprint density at radius 2 is 2.13 bits per heavy atom. The van der Waals surface area contributed by atoms with Crippen LogP contribution in [-0.2, 0) is 6.42 Å². The van der Waals surface area contributed by atoms with Crippen molar-refractivity contribution in [2.24, 2.45) is 21.7 Å². The van der Waals surface area contributed by atoms with Crippen LogP contribution in [0.2, 0.25) is 0 Å². The predicted molar refractivity (Wildman–Crippen MR) is 102 cm³/mol. The molecule has 1 aliphatic rings. The molecular formula is C15H15Br2N5S. The van der Waals surface area contributed by atoms with Crippen LogP contribution in [0.1, 0.15) is 34.7 Å². The van der Waals surface area contributed by atoms with E-state index in [0.29, 0.717) is 5.92 Å².